The molecule has 0 aliphatic heterocycles. The largest absolute Gasteiger partial charge is 0.309 e. The average molecular weight is 495 g/mol. The fourth-order valence-electron chi connectivity index (χ4n) is 3.19. The third kappa shape index (κ3) is 11.0. The van der Waals surface area contributed by atoms with Crippen molar-refractivity contribution in [2.75, 3.05) is 10.6 Å². The second-order valence-corrected chi connectivity index (χ2v) is 9.37. The van der Waals surface area contributed by atoms with Crippen molar-refractivity contribution in [2.45, 2.75) is 66.2 Å². The highest BCUT2D eigenvalue weighted by Gasteiger charge is 2.09. The summed E-state index contributed by atoms with van der Waals surface area (Å²) in [4.78, 5) is 24.2. The Morgan fingerprint density at radius 3 is 2.37 bits per heavy atom. The number of nitrogens with one attached hydrogen (secondary N) is 2. The van der Waals surface area contributed by atoms with Crippen molar-refractivity contribution in [3.63, 3.8) is 0 Å². The van der Waals surface area contributed by atoms with E-state index < -0.39 is 0 Å². The van der Waals surface area contributed by atoms with Gasteiger partial charge in [-0.3, -0.25) is 9.59 Å². The third-order valence-corrected chi connectivity index (χ3v) is 5.67. The van der Waals surface area contributed by atoms with Crippen LogP contribution in [0.4, 0.5) is 10.9 Å². The first-order valence-electron chi connectivity index (χ1n) is 11.6. The van der Waals surface area contributed by atoms with Crippen LogP contribution in [0.25, 0.3) is 0 Å². The molecule has 0 spiro atoms. The Morgan fingerprint density at radius 2 is 1.71 bits per heavy atom. The van der Waals surface area contributed by atoms with Crippen LogP contribution in [0.5, 0.6) is 0 Å². The molecule has 0 unspecified atom stereocenters. The van der Waals surface area contributed by atoms with Gasteiger partial charge in [-0.15, -0.1) is 15.3 Å². The topological polar surface area (TPSA) is 110 Å². The van der Waals surface area contributed by atoms with Crippen molar-refractivity contribution < 1.29 is 9.59 Å². The van der Waals surface area contributed by atoms with E-state index in [0.29, 0.717) is 17.4 Å². The summed E-state index contributed by atoms with van der Waals surface area (Å²) in [7, 11) is 0. The lowest BCUT2D eigenvalue weighted by molar-refractivity contribution is -0.116. The summed E-state index contributed by atoms with van der Waals surface area (Å²) in [5.41, 5.74) is 3.73. The van der Waals surface area contributed by atoms with Crippen LogP contribution in [0.3, 0.4) is 0 Å². The van der Waals surface area contributed by atoms with E-state index in [0.717, 1.165) is 53.1 Å². The summed E-state index contributed by atoms with van der Waals surface area (Å²) >= 11 is 1.39. The summed E-state index contributed by atoms with van der Waals surface area (Å²) in [6, 6.07) is 3.66. The van der Waals surface area contributed by atoms with Crippen LogP contribution in [0.1, 0.15) is 64.1 Å². The molecule has 2 amide bonds. The number of allylic oxidation sites excluding steroid dienone is 5. The van der Waals surface area contributed by atoms with Gasteiger partial charge in [-0.1, -0.05) is 47.8 Å². The molecule has 0 atom stereocenters. The van der Waals surface area contributed by atoms with Gasteiger partial charge >= 0.3 is 0 Å². The number of aromatic nitrogens is 4. The maximum absolute atomic E-state index is 12.2. The first-order chi connectivity index (χ1) is 16.8. The summed E-state index contributed by atoms with van der Waals surface area (Å²) in [6.07, 6.45) is 11.5. The van der Waals surface area contributed by atoms with Crippen molar-refractivity contribution >= 4 is 34.1 Å². The molecule has 186 valence electrons. The number of carbonyl (C=O) groups is 2. The summed E-state index contributed by atoms with van der Waals surface area (Å²) in [5, 5.41) is 23.5. The number of unbranched alkanes of at least 4 members (excludes halogenated alkanes) is 1. The zero-order valence-electron chi connectivity index (χ0n) is 20.9. The van der Waals surface area contributed by atoms with E-state index in [1.807, 2.05) is 58.1 Å². The smallest absolute Gasteiger partial charge is 0.230 e. The van der Waals surface area contributed by atoms with E-state index in [1.165, 1.54) is 11.3 Å². The van der Waals surface area contributed by atoms with Gasteiger partial charge in [0.15, 0.2) is 5.82 Å². The summed E-state index contributed by atoms with van der Waals surface area (Å²) in [6.45, 7) is 11.6. The van der Waals surface area contributed by atoms with Crippen LogP contribution in [0.2, 0.25) is 0 Å². The van der Waals surface area contributed by atoms with Crippen molar-refractivity contribution in [3.05, 3.63) is 70.4 Å². The molecule has 35 heavy (non-hydrogen) atoms. The number of anilines is 2. The molecule has 0 aliphatic rings. The van der Waals surface area contributed by atoms with E-state index in [1.54, 1.807) is 6.07 Å². The van der Waals surface area contributed by atoms with Crippen LogP contribution in [0.15, 0.2) is 59.7 Å². The molecular weight excluding hydrogens is 460 g/mol. The number of aryl methyl sites for hydroxylation is 2. The molecule has 2 heterocycles. The Morgan fingerprint density at radius 1 is 0.971 bits per heavy atom. The molecule has 2 aromatic rings. The fourth-order valence-corrected chi connectivity index (χ4v) is 3.99. The molecule has 2 N–H and O–H groups in total. The number of hydrogen-bond acceptors (Lipinski definition) is 7. The number of rotatable bonds is 13. The first-order valence-corrected chi connectivity index (χ1v) is 12.5. The predicted molar refractivity (Wildman–Crippen MR) is 142 cm³/mol. The van der Waals surface area contributed by atoms with Gasteiger partial charge < -0.3 is 10.6 Å². The van der Waals surface area contributed by atoms with Crippen molar-refractivity contribution in [2.24, 2.45) is 0 Å². The minimum Gasteiger partial charge on any atom is -0.309 e. The van der Waals surface area contributed by atoms with Gasteiger partial charge in [0.2, 0.25) is 16.9 Å². The third-order valence-electron chi connectivity index (χ3n) is 4.77. The van der Waals surface area contributed by atoms with E-state index in [9.17, 15) is 9.59 Å². The zero-order chi connectivity index (χ0) is 25.6. The Balaban J connectivity index is 1.72. The zero-order valence-corrected chi connectivity index (χ0v) is 21.7. The molecule has 0 aromatic carbocycles. The Hall–Kier alpha value is -3.46. The molecule has 2 rings (SSSR count). The van der Waals surface area contributed by atoms with Crippen molar-refractivity contribution in [1.29, 1.82) is 0 Å². The first kappa shape index (κ1) is 27.8. The van der Waals surface area contributed by atoms with E-state index in [-0.39, 0.29) is 18.2 Å². The van der Waals surface area contributed by atoms with Gasteiger partial charge in [-0.25, -0.2) is 0 Å². The second-order valence-electron chi connectivity index (χ2n) is 8.31. The average Bonchev–Trinajstić information content (AvgIpc) is 3.24. The Bertz CT molecular complexity index is 1100. The lowest BCUT2D eigenvalue weighted by Crippen LogP contribution is -2.13. The highest BCUT2D eigenvalue weighted by molar-refractivity contribution is 7.15. The van der Waals surface area contributed by atoms with Gasteiger partial charge in [0.1, 0.15) is 5.01 Å². The molecule has 0 saturated heterocycles. The molecule has 0 radical (unpaired) electrons. The molecule has 0 fully saturated rings. The van der Waals surface area contributed by atoms with Crippen LogP contribution in [-0.4, -0.2) is 32.2 Å². The summed E-state index contributed by atoms with van der Waals surface area (Å²) in [5.74, 6) is 0.182. The van der Waals surface area contributed by atoms with Gasteiger partial charge in [0.25, 0.3) is 0 Å². The SMILES string of the molecule is C=C(/C=C\C)CC(=O)Nc1nnc(CCCCc2ccc(NC(=O)C/C(C=C(C)C)=C/C)nn2)s1. The fraction of sp³-hybridized carbons (Fsp3) is 0.385. The van der Waals surface area contributed by atoms with Crippen LogP contribution < -0.4 is 10.6 Å². The quantitative estimate of drug-likeness (QED) is 0.277. The van der Waals surface area contributed by atoms with Gasteiger partial charge in [0, 0.05) is 6.42 Å². The predicted octanol–water partition coefficient (Wildman–Crippen LogP) is 5.60. The number of hydrogen-bond donors (Lipinski definition) is 2. The molecule has 9 heteroatoms. The molecular formula is C26H34N6O2S. The lowest BCUT2D eigenvalue weighted by atomic mass is 10.1. The highest BCUT2D eigenvalue weighted by atomic mass is 32.1. The number of carbonyl (C=O) groups excluding carboxylic acids is 2. The van der Waals surface area contributed by atoms with E-state index in [2.05, 4.69) is 37.6 Å². The number of amides is 2. The summed E-state index contributed by atoms with van der Waals surface area (Å²) < 4.78 is 0. The van der Waals surface area contributed by atoms with E-state index >= 15 is 0 Å². The van der Waals surface area contributed by atoms with Crippen molar-refractivity contribution in [1.82, 2.24) is 20.4 Å². The monoisotopic (exact) mass is 494 g/mol. The number of nitrogens with zero attached hydrogens (tertiary/aromatic N) is 4. The maximum atomic E-state index is 12.2. The highest BCUT2D eigenvalue weighted by Crippen LogP contribution is 2.18. The normalized spacial score (nSPS) is 11.4. The lowest BCUT2D eigenvalue weighted by Gasteiger charge is -2.06. The molecule has 0 aliphatic carbocycles. The standard InChI is InChI=1S/C26H34N6O2S/c1-6-10-19(5)16-23(33)28-26-32-31-25(35-26)12-9-8-11-21-13-14-22(30-29-21)27-24(34)17-20(7-2)15-18(3)4/h6-7,10,13-15H,5,8-9,11-12,16-17H2,1-4H3,(H,27,30,34)(H,28,32,33)/b10-6-,20-7+. The minimum absolute atomic E-state index is 0.118. The molecule has 0 bridgehead atoms. The molecule has 2 aromatic heterocycles. The van der Waals surface area contributed by atoms with Crippen LogP contribution in [0, 0.1) is 0 Å². The Kier molecular flexibility index (Phi) is 11.7. The minimum atomic E-state index is -0.149. The second kappa shape index (κ2) is 14.7. The molecule has 8 nitrogen and oxygen atoms in total. The van der Waals surface area contributed by atoms with Crippen LogP contribution >= 0.6 is 11.3 Å². The van der Waals surface area contributed by atoms with E-state index in [4.69, 9.17) is 0 Å². The van der Waals surface area contributed by atoms with Crippen LogP contribution in [-0.2, 0) is 22.4 Å². The van der Waals surface area contributed by atoms with Crippen molar-refractivity contribution in [3.8, 4) is 0 Å². The molecule has 0 saturated carbocycles. The van der Waals surface area contributed by atoms with Gasteiger partial charge in [-0.2, -0.15) is 5.10 Å². The van der Waals surface area contributed by atoms with Gasteiger partial charge in [0.05, 0.1) is 18.5 Å². The van der Waals surface area contributed by atoms with Gasteiger partial charge in [-0.05, 0) is 70.2 Å². The maximum Gasteiger partial charge on any atom is 0.230 e. The Labute approximate surface area is 211 Å².